The smallest absolute Gasteiger partial charge is 0.212 e. The first-order chi connectivity index (χ1) is 9.94. The van der Waals surface area contributed by atoms with Gasteiger partial charge in [-0.1, -0.05) is 35.0 Å². The van der Waals surface area contributed by atoms with Crippen molar-refractivity contribution in [3.63, 3.8) is 0 Å². The minimum Gasteiger partial charge on any atom is -0.317 e. The van der Waals surface area contributed by atoms with Gasteiger partial charge in [-0.3, -0.25) is 0 Å². The molecule has 2 N–H and O–H groups in total. The van der Waals surface area contributed by atoms with Crippen LogP contribution in [0.2, 0.25) is 0 Å². The Bertz CT molecular complexity index is 520. The lowest BCUT2D eigenvalue weighted by Crippen LogP contribution is -2.29. The van der Waals surface area contributed by atoms with E-state index in [9.17, 15) is 8.42 Å². The summed E-state index contributed by atoms with van der Waals surface area (Å²) in [6.07, 6.45) is 2.66. The fourth-order valence-corrected chi connectivity index (χ4v) is 3.81. The maximum absolute atomic E-state index is 12.0. The number of sulfonamides is 1. The summed E-state index contributed by atoms with van der Waals surface area (Å²) in [5.74, 6) is 0.180. The average Bonchev–Trinajstić information content (AvgIpc) is 2.42. The molecule has 0 saturated heterocycles. The van der Waals surface area contributed by atoms with Crippen molar-refractivity contribution in [1.29, 1.82) is 0 Å². The van der Waals surface area contributed by atoms with E-state index in [4.69, 9.17) is 0 Å². The largest absolute Gasteiger partial charge is 0.317 e. The monoisotopic (exact) mass is 376 g/mol. The van der Waals surface area contributed by atoms with E-state index in [0.717, 1.165) is 36.0 Å². The summed E-state index contributed by atoms with van der Waals surface area (Å²) in [5.41, 5.74) is 0.956. The van der Waals surface area contributed by atoms with Gasteiger partial charge in [0.15, 0.2) is 0 Å². The second-order valence-corrected chi connectivity index (χ2v) is 7.96. The summed E-state index contributed by atoms with van der Waals surface area (Å²) in [7, 11) is -3.23. The van der Waals surface area contributed by atoms with Gasteiger partial charge in [-0.25, -0.2) is 13.1 Å². The van der Waals surface area contributed by atoms with Gasteiger partial charge in [0.05, 0.1) is 5.75 Å². The lowest BCUT2D eigenvalue weighted by atomic mass is 10.1. The van der Waals surface area contributed by atoms with Crippen LogP contribution in [-0.4, -0.2) is 27.3 Å². The number of hydrogen-bond donors (Lipinski definition) is 2. The van der Waals surface area contributed by atoms with E-state index >= 15 is 0 Å². The maximum atomic E-state index is 12.0. The van der Waals surface area contributed by atoms with Crippen molar-refractivity contribution in [2.45, 2.75) is 39.2 Å². The highest BCUT2D eigenvalue weighted by Crippen LogP contribution is 2.18. The van der Waals surface area contributed by atoms with Crippen molar-refractivity contribution in [2.24, 2.45) is 0 Å². The van der Waals surface area contributed by atoms with E-state index in [0.29, 0.717) is 6.42 Å². The van der Waals surface area contributed by atoms with Crippen molar-refractivity contribution < 1.29 is 8.42 Å². The molecule has 0 heterocycles. The Hall–Kier alpha value is -0.430. The molecule has 1 unspecified atom stereocenters. The van der Waals surface area contributed by atoms with Crippen molar-refractivity contribution in [1.82, 2.24) is 10.0 Å². The van der Waals surface area contributed by atoms with E-state index in [-0.39, 0.29) is 11.8 Å². The third kappa shape index (κ3) is 7.95. The van der Waals surface area contributed by atoms with Gasteiger partial charge in [0, 0.05) is 10.5 Å². The third-order valence-corrected chi connectivity index (χ3v) is 5.18. The topological polar surface area (TPSA) is 58.2 Å². The number of rotatable bonds is 10. The molecule has 21 heavy (non-hydrogen) atoms. The second-order valence-electron chi connectivity index (χ2n) is 5.17. The van der Waals surface area contributed by atoms with Crippen LogP contribution in [0.5, 0.6) is 0 Å². The minimum atomic E-state index is -3.23. The number of unbranched alkanes of at least 4 members (excludes halogenated alkanes) is 1. The number of benzene rings is 1. The quantitative estimate of drug-likeness (QED) is 0.616. The molecule has 0 radical (unpaired) electrons. The van der Waals surface area contributed by atoms with E-state index in [1.807, 2.05) is 31.2 Å². The number of hydrogen-bond acceptors (Lipinski definition) is 3. The molecule has 1 atom stereocenters. The Morgan fingerprint density at radius 1 is 1.24 bits per heavy atom. The Balaban J connectivity index is 2.38. The first-order valence-corrected chi connectivity index (χ1v) is 9.85. The molecule has 1 aromatic rings. The van der Waals surface area contributed by atoms with Crippen LogP contribution in [0.4, 0.5) is 0 Å². The van der Waals surface area contributed by atoms with Gasteiger partial charge in [0.25, 0.3) is 0 Å². The zero-order valence-corrected chi connectivity index (χ0v) is 15.1. The van der Waals surface area contributed by atoms with Crippen LogP contribution in [0.3, 0.4) is 0 Å². The van der Waals surface area contributed by atoms with Crippen LogP contribution in [0.15, 0.2) is 28.7 Å². The van der Waals surface area contributed by atoms with Crippen LogP contribution < -0.4 is 10.0 Å². The van der Waals surface area contributed by atoms with Gasteiger partial charge in [-0.15, -0.1) is 0 Å². The average molecular weight is 377 g/mol. The predicted molar refractivity (Wildman–Crippen MR) is 91.9 cm³/mol. The lowest BCUT2D eigenvalue weighted by Gasteiger charge is -2.15. The van der Waals surface area contributed by atoms with E-state index in [1.54, 1.807) is 0 Å². The van der Waals surface area contributed by atoms with Crippen LogP contribution in [0.25, 0.3) is 0 Å². The van der Waals surface area contributed by atoms with E-state index in [2.05, 4.69) is 32.9 Å². The van der Waals surface area contributed by atoms with Gasteiger partial charge in [0.1, 0.15) is 0 Å². The maximum Gasteiger partial charge on any atom is 0.212 e. The molecule has 0 aliphatic rings. The summed E-state index contributed by atoms with van der Waals surface area (Å²) in [5, 5.41) is 3.27. The minimum absolute atomic E-state index is 0.180. The van der Waals surface area contributed by atoms with Crippen LogP contribution >= 0.6 is 15.9 Å². The van der Waals surface area contributed by atoms with Gasteiger partial charge in [-0.2, -0.15) is 0 Å². The standard InChI is InChI=1S/C15H25BrN2O2S/c1-3-9-17-10-4-5-11-21(19,20)18-13(2)14-7-6-8-15(16)12-14/h6-8,12-13,17-18H,3-5,9-11H2,1-2H3. The molecule has 0 aromatic heterocycles. The summed E-state index contributed by atoms with van der Waals surface area (Å²) < 4.78 is 27.8. The molecule has 0 saturated carbocycles. The molecule has 0 fully saturated rings. The fourth-order valence-electron chi connectivity index (χ4n) is 2.02. The van der Waals surface area contributed by atoms with Crippen LogP contribution in [0, 0.1) is 0 Å². The summed E-state index contributed by atoms with van der Waals surface area (Å²) >= 11 is 3.40. The fraction of sp³-hybridized carbons (Fsp3) is 0.600. The van der Waals surface area contributed by atoms with Crippen molar-refractivity contribution in [3.05, 3.63) is 34.3 Å². The highest BCUT2D eigenvalue weighted by Gasteiger charge is 2.15. The summed E-state index contributed by atoms with van der Waals surface area (Å²) in [6, 6.07) is 7.47. The predicted octanol–water partition coefficient (Wildman–Crippen LogP) is 3.21. The normalized spacial score (nSPS) is 13.3. The van der Waals surface area contributed by atoms with Gasteiger partial charge in [0.2, 0.25) is 10.0 Å². The van der Waals surface area contributed by atoms with Crippen LogP contribution in [0.1, 0.15) is 44.7 Å². The molecular weight excluding hydrogens is 352 g/mol. The molecule has 4 nitrogen and oxygen atoms in total. The molecule has 0 spiro atoms. The molecule has 1 aromatic carbocycles. The van der Waals surface area contributed by atoms with Gasteiger partial charge < -0.3 is 5.32 Å². The van der Waals surface area contributed by atoms with E-state index in [1.165, 1.54) is 0 Å². The number of nitrogens with one attached hydrogen (secondary N) is 2. The van der Waals surface area contributed by atoms with E-state index < -0.39 is 10.0 Å². The van der Waals surface area contributed by atoms with Crippen molar-refractivity contribution >= 4 is 26.0 Å². The molecule has 120 valence electrons. The molecule has 1 rings (SSSR count). The zero-order valence-electron chi connectivity index (χ0n) is 12.7. The molecule has 6 heteroatoms. The van der Waals surface area contributed by atoms with Gasteiger partial charge >= 0.3 is 0 Å². The second kappa shape index (κ2) is 9.56. The molecule has 0 amide bonds. The molecule has 0 aliphatic carbocycles. The highest BCUT2D eigenvalue weighted by molar-refractivity contribution is 9.10. The highest BCUT2D eigenvalue weighted by atomic mass is 79.9. The third-order valence-electron chi connectivity index (χ3n) is 3.15. The Morgan fingerprint density at radius 3 is 2.67 bits per heavy atom. The lowest BCUT2D eigenvalue weighted by molar-refractivity contribution is 0.559. The van der Waals surface area contributed by atoms with Crippen molar-refractivity contribution in [2.75, 3.05) is 18.8 Å². The van der Waals surface area contributed by atoms with Crippen molar-refractivity contribution in [3.8, 4) is 0 Å². The Kier molecular flexibility index (Phi) is 8.48. The number of halogens is 1. The Labute approximate surface area is 136 Å². The van der Waals surface area contributed by atoms with Gasteiger partial charge in [-0.05, 0) is 57.0 Å². The Morgan fingerprint density at radius 2 is 2.00 bits per heavy atom. The zero-order chi connectivity index (χ0) is 15.7. The molecular formula is C15H25BrN2O2S. The SMILES string of the molecule is CCCNCCCCS(=O)(=O)NC(C)c1cccc(Br)c1. The molecule has 0 bridgehead atoms. The van der Waals surface area contributed by atoms with Crippen LogP contribution in [-0.2, 0) is 10.0 Å². The first-order valence-electron chi connectivity index (χ1n) is 7.41. The summed E-state index contributed by atoms with van der Waals surface area (Å²) in [6.45, 7) is 5.85. The first kappa shape index (κ1) is 18.6. The molecule has 0 aliphatic heterocycles. The summed E-state index contributed by atoms with van der Waals surface area (Å²) in [4.78, 5) is 0.